The minimum absolute atomic E-state index is 0.114. The van der Waals surface area contributed by atoms with Crippen LogP contribution in [0.5, 0.6) is 17.2 Å². The standard InChI is InChI=1S/C14H22O3.C7H6O/c1-2-3-4-5-6-7-10-17-12-8-9-13(15)14(16)11-12;8-6-7-4-2-1-3-5-7/h8-9,11,15-16H,2-7,10H2,1H3;1-6H. The predicted octanol–water partition coefficient (Wildman–Crippen LogP) is 5.34. The Bertz CT molecular complexity index is 596. The molecule has 4 nitrogen and oxygen atoms in total. The van der Waals surface area contributed by atoms with Gasteiger partial charge in [0.1, 0.15) is 12.0 Å². The Hall–Kier alpha value is -2.49. The number of hydrogen-bond acceptors (Lipinski definition) is 4. The highest BCUT2D eigenvalue weighted by Crippen LogP contribution is 2.28. The molecule has 0 saturated heterocycles. The Morgan fingerprint density at radius 2 is 1.56 bits per heavy atom. The van der Waals surface area contributed by atoms with Gasteiger partial charge < -0.3 is 14.9 Å². The van der Waals surface area contributed by atoms with Gasteiger partial charge in [0.2, 0.25) is 0 Å². The number of hydrogen-bond donors (Lipinski definition) is 2. The van der Waals surface area contributed by atoms with Crippen LogP contribution in [0.15, 0.2) is 48.5 Å². The van der Waals surface area contributed by atoms with E-state index in [9.17, 15) is 9.90 Å². The van der Waals surface area contributed by atoms with Crippen molar-refractivity contribution in [2.75, 3.05) is 6.61 Å². The Morgan fingerprint density at radius 3 is 2.16 bits per heavy atom. The third kappa shape index (κ3) is 9.40. The molecule has 0 unspecified atom stereocenters. The molecule has 0 aliphatic heterocycles. The fourth-order valence-electron chi connectivity index (χ4n) is 2.20. The zero-order valence-corrected chi connectivity index (χ0v) is 14.9. The quantitative estimate of drug-likeness (QED) is 0.366. The van der Waals surface area contributed by atoms with Crippen LogP contribution in [0.3, 0.4) is 0 Å². The average molecular weight is 344 g/mol. The molecule has 0 aliphatic rings. The van der Waals surface area contributed by atoms with Crippen LogP contribution in [-0.2, 0) is 0 Å². The summed E-state index contributed by atoms with van der Waals surface area (Å²) in [5, 5.41) is 18.4. The summed E-state index contributed by atoms with van der Waals surface area (Å²) in [6.45, 7) is 2.87. The van der Waals surface area contributed by atoms with Crippen molar-refractivity contribution in [2.24, 2.45) is 0 Å². The van der Waals surface area contributed by atoms with Crippen LogP contribution in [-0.4, -0.2) is 23.1 Å². The Morgan fingerprint density at radius 1 is 0.880 bits per heavy atom. The maximum absolute atomic E-state index is 10.0. The molecule has 2 aromatic carbocycles. The molecular weight excluding hydrogens is 316 g/mol. The van der Waals surface area contributed by atoms with E-state index in [0.29, 0.717) is 12.4 Å². The monoisotopic (exact) mass is 344 g/mol. The first-order valence-electron chi connectivity index (χ1n) is 8.82. The minimum Gasteiger partial charge on any atom is -0.504 e. The molecule has 0 heterocycles. The van der Waals surface area contributed by atoms with E-state index in [-0.39, 0.29) is 11.5 Å². The lowest BCUT2D eigenvalue weighted by Crippen LogP contribution is -1.97. The van der Waals surface area contributed by atoms with Gasteiger partial charge in [0.15, 0.2) is 11.5 Å². The summed E-state index contributed by atoms with van der Waals surface area (Å²) in [7, 11) is 0. The number of aldehydes is 1. The molecule has 2 rings (SSSR count). The van der Waals surface area contributed by atoms with E-state index in [1.54, 1.807) is 18.2 Å². The normalized spacial score (nSPS) is 9.80. The first kappa shape index (κ1) is 20.6. The first-order chi connectivity index (χ1) is 12.2. The molecule has 2 aromatic rings. The highest BCUT2D eigenvalue weighted by Gasteiger charge is 2.01. The molecule has 0 amide bonds. The number of phenols is 2. The van der Waals surface area contributed by atoms with Crippen molar-refractivity contribution in [2.45, 2.75) is 45.4 Å². The smallest absolute Gasteiger partial charge is 0.161 e. The SMILES string of the molecule is CCCCCCCCOc1ccc(O)c(O)c1.O=Cc1ccccc1. The summed E-state index contributed by atoms with van der Waals surface area (Å²) >= 11 is 0. The van der Waals surface area contributed by atoms with Crippen molar-refractivity contribution >= 4 is 6.29 Å². The van der Waals surface area contributed by atoms with Crippen molar-refractivity contribution in [1.29, 1.82) is 0 Å². The number of carbonyl (C=O) groups excluding carboxylic acids is 1. The Kier molecular flexibility index (Phi) is 10.6. The lowest BCUT2D eigenvalue weighted by atomic mass is 10.1. The number of unbranched alkanes of at least 4 members (excludes halogenated alkanes) is 5. The van der Waals surface area contributed by atoms with Gasteiger partial charge in [-0.3, -0.25) is 4.79 Å². The second-order valence-corrected chi connectivity index (χ2v) is 5.80. The van der Waals surface area contributed by atoms with Gasteiger partial charge in [-0.1, -0.05) is 69.4 Å². The molecule has 136 valence electrons. The summed E-state index contributed by atoms with van der Waals surface area (Å²) < 4.78 is 5.48. The van der Waals surface area contributed by atoms with Gasteiger partial charge in [0.25, 0.3) is 0 Å². The maximum atomic E-state index is 10.0. The predicted molar refractivity (Wildman–Crippen MR) is 100 cm³/mol. The fourth-order valence-corrected chi connectivity index (χ4v) is 2.20. The fraction of sp³-hybridized carbons (Fsp3) is 0.381. The molecule has 0 atom stereocenters. The molecule has 0 bridgehead atoms. The van der Waals surface area contributed by atoms with Crippen molar-refractivity contribution in [3.63, 3.8) is 0 Å². The van der Waals surface area contributed by atoms with Crippen LogP contribution < -0.4 is 4.74 Å². The maximum Gasteiger partial charge on any atom is 0.161 e. The van der Waals surface area contributed by atoms with Crippen molar-refractivity contribution in [3.8, 4) is 17.2 Å². The van der Waals surface area contributed by atoms with E-state index in [2.05, 4.69) is 6.92 Å². The number of aromatic hydroxyl groups is 2. The van der Waals surface area contributed by atoms with Gasteiger partial charge >= 0.3 is 0 Å². The van der Waals surface area contributed by atoms with Gasteiger partial charge in [0, 0.05) is 11.6 Å². The molecule has 0 aliphatic carbocycles. The molecule has 0 radical (unpaired) electrons. The molecule has 25 heavy (non-hydrogen) atoms. The van der Waals surface area contributed by atoms with Crippen molar-refractivity contribution < 1.29 is 19.7 Å². The van der Waals surface area contributed by atoms with Gasteiger partial charge in [-0.15, -0.1) is 0 Å². The largest absolute Gasteiger partial charge is 0.504 e. The summed E-state index contributed by atoms with van der Waals surface area (Å²) in [5.74, 6) is 0.358. The molecule has 0 saturated carbocycles. The molecule has 0 fully saturated rings. The van der Waals surface area contributed by atoms with Crippen LogP contribution >= 0.6 is 0 Å². The second-order valence-electron chi connectivity index (χ2n) is 5.80. The van der Waals surface area contributed by atoms with Crippen LogP contribution in [0.25, 0.3) is 0 Å². The zero-order chi connectivity index (χ0) is 18.3. The minimum atomic E-state index is -0.134. The van der Waals surface area contributed by atoms with Gasteiger partial charge in [-0.05, 0) is 18.6 Å². The van der Waals surface area contributed by atoms with Crippen LogP contribution in [0.2, 0.25) is 0 Å². The van der Waals surface area contributed by atoms with E-state index >= 15 is 0 Å². The van der Waals surface area contributed by atoms with Crippen molar-refractivity contribution in [3.05, 3.63) is 54.1 Å². The molecular formula is C21H28O4. The molecule has 0 spiro atoms. The van der Waals surface area contributed by atoms with E-state index in [0.717, 1.165) is 18.3 Å². The molecule has 4 heteroatoms. The lowest BCUT2D eigenvalue weighted by molar-refractivity contribution is 0.112. The topological polar surface area (TPSA) is 66.8 Å². The lowest BCUT2D eigenvalue weighted by Gasteiger charge is -2.07. The molecule has 0 aromatic heterocycles. The van der Waals surface area contributed by atoms with Gasteiger partial charge in [0.05, 0.1) is 6.61 Å². The average Bonchev–Trinajstić information content (AvgIpc) is 2.65. The number of rotatable bonds is 9. The summed E-state index contributed by atoms with van der Waals surface area (Å²) in [6.07, 6.45) is 8.19. The van der Waals surface area contributed by atoms with Gasteiger partial charge in [-0.25, -0.2) is 0 Å². The van der Waals surface area contributed by atoms with Crippen LogP contribution in [0.1, 0.15) is 55.8 Å². The highest BCUT2D eigenvalue weighted by atomic mass is 16.5. The third-order valence-electron chi connectivity index (χ3n) is 3.65. The number of carbonyl (C=O) groups is 1. The summed E-state index contributed by atoms with van der Waals surface area (Å²) in [5.41, 5.74) is 0.729. The number of ether oxygens (including phenoxy) is 1. The van der Waals surface area contributed by atoms with E-state index in [4.69, 9.17) is 9.84 Å². The van der Waals surface area contributed by atoms with E-state index in [1.807, 2.05) is 18.2 Å². The number of phenolic OH excluding ortho intramolecular Hbond substituents is 2. The van der Waals surface area contributed by atoms with E-state index in [1.165, 1.54) is 44.2 Å². The van der Waals surface area contributed by atoms with Crippen molar-refractivity contribution in [1.82, 2.24) is 0 Å². The van der Waals surface area contributed by atoms with Crippen LogP contribution in [0.4, 0.5) is 0 Å². The second kappa shape index (κ2) is 12.9. The third-order valence-corrected chi connectivity index (χ3v) is 3.65. The summed E-state index contributed by atoms with van der Waals surface area (Å²) in [4.78, 5) is 10.0. The van der Waals surface area contributed by atoms with E-state index < -0.39 is 0 Å². The van der Waals surface area contributed by atoms with Gasteiger partial charge in [-0.2, -0.15) is 0 Å². The summed E-state index contributed by atoms with van der Waals surface area (Å²) in [6, 6.07) is 13.6. The Labute approximate surface area is 150 Å². The zero-order valence-electron chi connectivity index (χ0n) is 14.9. The highest BCUT2D eigenvalue weighted by molar-refractivity contribution is 5.74. The molecule has 2 N–H and O–H groups in total. The number of benzene rings is 2. The first-order valence-corrected chi connectivity index (χ1v) is 8.82. The Balaban J connectivity index is 0.000000324. The van der Waals surface area contributed by atoms with Crippen LogP contribution in [0, 0.1) is 0 Å².